The summed E-state index contributed by atoms with van der Waals surface area (Å²) >= 11 is 0. The van der Waals surface area contributed by atoms with E-state index in [1.54, 1.807) is 0 Å². The van der Waals surface area contributed by atoms with Gasteiger partial charge in [0.15, 0.2) is 0 Å². The maximum Gasteiger partial charge on any atom is 0.251 e. The Labute approximate surface area is 119 Å². The molecule has 2 aliphatic rings. The van der Waals surface area contributed by atoms with E-state index in [1.807, 2.05) is 24.3 Å². The molecule has 1 N–H and O–H groups in total. The molecule has 4 heteroatoms. The predicted octanol–water partition coefficient (Wildman–Crippen LogP) is 2.38. The Balaban J connectivity index is 1.54. The number of hydrogen-bond acceptors (Lipinski definition) is 3. The Morgan fingerprint density at radius 2 is 2.20 bits per heavy atom. The molecule has 1 heterocycles. The van der Waals surface area contributed by atoms with Crippen LogP contribution in [0.2, 0.25) is 0 Å². The van der Waals surface area contributed by atoms with Crippen LogP contribution in [0.5, 0.6) is 5.75 Å². The largest absolute Gasteiger partial charge is 0.494 e. The number of nitrogens with one attached hydrogen (secondary N) is 1. The lowest BCUT2D eigenvalue weighted by Crippen LogP contribution is -2.53. The van der Waals surface area contributed by atoms with E-state index in [4.69, 9.17) is 9.47 Å². The molecule has 0 bridgehead atoms. The third-order valence-electron chi connectivity index (χ3n) is 4.17. The molecule has 0 radical (unpaired) electrons. The van der Waals surface area contributed by atoms with Crippen LogP contribution in [-0.2, 0) is 4.74 Å². The van der Waals surface area contributed by atoms with Crippen molar-refractivity contribution in [3.63, 3.8) is 0 Å². The molecule has 3 atom stereocenters. The minimum absolute atomic E-state index is 0.00221. The fourth-order valence-corrected chi connectivity index (χ4v) is 2.94. The van der Waals surface area contributed by atoms with E-state index in [9.17, 15) is 4.79 Å². The van der Waals surface area contributed by atoms with Gasteiger partial charge in [0.1, 0.15) is 5.75 Å². The van der Waals surface area contributed by atoms with Crippen LogP contribution in [0.3, 0.4) is 0 Å². The Kier molecular flexibility index (Phi) is 3.92. The summed E-state index contributed by atoms with van der Waals surface area (Å²) in [5.41, 5.74) is 0.691. The quantitative estimate of drug-likeness (QED) is 0.897. The molecule has 2 fully saturated rings. The minimum Gasteiger partial charge on any atom is -0.494 e. The lowest BCUT2D eigenvalue weighted by molar-refractivity contribution is 0.00810. The van der Waals surface area contributed by atoms with Crippen molar-refractivity contribution in [2.24, 2.45) is 5.92 Å². The second-order valence-corrected chi connectivity index (χ2v) is 5.55. The maximum atomic E-state index is 12.2. The third-order valence-corrected chi connectivity index (χ3v) is 4.17. The van der Waals surface area contributed by atoms with Crippen molar-refractivity contribution in [2.45, 2.75) is 38.3 Å². The van der Waals surface area contributed by atoms with Crippen LogP contribution < -0.4 is 10.1 Å². The van der Waals surface area contributed by atoms with Gasteiger partial charge in [0.25, 0.3) is 5.91 Å². The molecule has 4 nitrogen and oxygen atoms in total. The standard InChI is InChI=1S/C16H21NO3/c1-2-8-19-12-5-3-11(4-6-12)16(18)17-14-10-15-13(14)7-9-20-15/h3-6,13-15H,2,7-10H2,1H3,(H,17,18)/t13-,14+,15+/m1/s1. The van der Waals surface area contributed by atoms with Crippen molar-refractivity contribution in [1.82, 2.24) is 5.32 Å². The maximum absolute atomic E-state index is 12.2. The van der Waals surface area contributed by atoms with Crippen molar-refractivity contribution in [1.29, 1.82) is 0 Å². The van der Waals surface area contributed by atoms with Crippen molar-refractivity contribution >= 4 is 5.91 Å². The zero-order valence-electron chi connectivity index (χ0n) is 11.8. The summed E-state index contributed by atoms with van der Waals surface area (Å²) in [6, 6.07) is 7.63. The number of carbonyl (C=O) groups is 1. The van der Waals surface area contributed by atoms with E-state index in [-0.39, 0.29) is 11.9 Å². The first-order valence-electron chi connectivity index (χ1n) is 7.43. The number of carbonyl (C=O) groups excluding carboxylic acids is 1. The van der Waals surface area contributed by atoms with E-state index >= 15 is 0 Å². The van der Waals surface area contributed by atoms with E-state index in [1.165, 1.54) is 0 Å². The van der Waals surface area contributed by atoms with Crippen LogP contribution in [0, 0.1) is 5.92 Å². The van der Waals surface area contributed by atoms with Gasteiger partial charge in [-0.1, -0.05) is 6.92 Å². The number of amides is 1. The van der Waals surface area contributed by atoms with Crippen molar-refractivity contribution < 1.29 is 14.3 Å². The van der Waals surface area contributed by atoms with E-state index in [2.05, 4.69) is 12.2 Å². The van der Waals surface area contributed by atoms with E-state index in [0.29, 0.717) is 24.2 Å². The smallest absolute Gasteiger partial charge is 0.251 e. The topological polar surface area (TPSA) is 47.6 Å². The molecule has 108 valence electrons. The van der Waals surface area contributed by atoms with Crippen molar-refractivity contribution in [3.05, 3.63) is 29.8 Å². The second kappa shape index (κ2) is 5.83. The fraction of sp³-hybridized carbons (Fsp3) is 0.562. The highest BCUT2D eigenvalue weighted by Crippen LogP contribution is 2.38. The number of hydrogen-bond donors (Lipinski definition) is 1. The van der Waals surface area contributed by atoms with E-state index in [0.717, 1.165) is 31.6 Å². The molecule has 3 rings (SSSR count). The van der Waals surface area contributed by atoms with Gasteiger partial charge in [-0.2, -0.15) is 0 Å². The highest BCUT2D eigenvalue weighted by atomic mass is 16.5. The molecule has 0 spiro atoms. The summed E-state index contributed by atoms with van der Waals surface area (Å²) in [7, 11) is 0. The summed E-state index contributed by atoms with van der Waals surface area (Å²) in [4.78, 5) is 12.2. The minimum atomic E-state index is 0.00221. The molecule has 1 saturated carbocycles. The molecule has 1 aromatic rings. The Morgan fingerprint density at radius 1 is 1.40 bits per heavy atom. The molecule has 1 aliphatic heterocycles. The van der Waals surface area contributed by atoms with Gasteiger partial charge in [-0.3, -0.25) is 4.79 Å². The van der Waals surface area contributed by atoms with Crippen molar-refractivity contribution in [3.8, 4) is 5.75 Å². The monoisotopic (exact) mass is 275 g/mol. The zero-order valence-corrected chi connectivity index (χ0v) is 11.8. The number of ether oxygens (including phenoxy) is 2. The molecule has 0 aromatic heterocycles. The highest BCUT2D eigenvalue weighted by molar-refractivity contribution is 5.94. The molecule has 1 saturated heterocycles. The summed E-state index contributed by atoms with van der Waals surface area (Å²) in [6.07, 6.45) is 3.38. The molecular weight excluding hydrogens is 254 g/mol. The van der Waals surface area contributed by atoms with Crippen LogP contribution in [0.1, 0.15) is 36.5 Å². The molecule has 1 amide bonds. The average Bonchev–Trinajstić information content (AvgIpc) is 2.84. The van der Waals surface area contributed by atoms with Gasteiger partial charge in [0, 0.05) is 24.1 Å². The van der Waals surface area contributed by atoms with Crippen molar-refractivity contribution in [2.75, 3.05) is 13.2 Å². The van der Waals surface area contributed by atoms with Crippen LogP contribution in [0.25, 0.3) is 0 Å². The van der Waals surface area contributed by atoms with Gasteiger partial charge in [0.05, 0.1) is 12.7 Å². The van der Waals surface area contributed by atoms with Crippen LogP contribution in [-0.4, -0.2) is 31.3 Å². The first kappa shape index (κ1) is 13.4. The zero-order chi connectivity index (χ0) is 13.9. The summed E-state index contributed by atoms with van der Waals surface area (Å²) < 4.78 is 11.1. The Morgan fingerprint density at radius 3 is 2.90 bits per heavy atom. The molecule has 1 aromatic carbocycles. The summed E-state index contributed by atoms with van der Waals surface area (Å²) in [6.45, 7) is 3.61. The molecule has 20 heavy (non-hydrogen) atoms. The normalized spacial score (nSPS) is 27.6. The molecule has 0 unspecified atom stereocenters. The van der Waals surface area contributed by atoms with Gasteiger partial charge < -0.3 is 14.8 Å². The predicted molar refractivity (Wildman–Crippen MR) is 75.9 cm³/mol. The van der Waals surface area contributed by atoms with Gasteiger partial charge in [-0.15, -0.1) is 0 Å². The Bertz CT molecular complexity index is 471. The van der Waals surface area contributed by atoms with E-state index < -0.39 is 0 Å². The van der Waals surface area contributed by atoms with Crippen LogP contribution >= 0.6 is 0 Å². The number of benzene rings is 1. The third kappa shape index (κ3) is 2.66. The van der Waals surface area contributed by atoms with Gasteiger partial charge in [-0.05, 0) is 43.5 Å². The van der Waals surface area contributed by atoms with Gasteiger partial charge >= 0.3 is 0 Å². The molecular formula is C16H21NO3. The second-order valence-electron chi connectivity index (χ2n) is 5.55. The average molecular weight is 275 g/mol. The summed E-state index contributed by atoms with van der Waals surface area (Å²) in [5.74, 6) is 1.34. The van der Waals surface area contributed by atoms with Gasteiger partial charge in [0.2, 0.25) is 0 Å². The molecule has 1 aliphatic carbocycles. The lowest BCUT2D eigenvalue weighted by atomic mass is 9.76. The number of fused-ring (bicyclic) bond motifs is 1. The van der Waals surface area contributed by atoms with Gasteiger partial charge in [-0.25, -0.2) is 0 Å². The SMILES string of the molecule is CCCOc1ccc(C(=O)N[C@H]2C[C@@H]3OCC[C@H]23)cc1. The van der Waals surface area contributed by atoms with Crippen LogP contribution in [0.4, 0.5) is 0 Å². The lowest BCUT2D eigenvalue weighted by Gasteiger charge is -2.39. The highest BCUT2D eigenvalue weighted by Gasteiger charge is 2.45. The number of rotatable bonds is 5. The van der Waals surface area contributed by atoms with Crippen LogP contribution in [0.15, 0.2) is 24.3 Å². The Hall–Kier alpha value is -1.55. The fourth-order valence-electron chi connectivity index (χ4n) is 2.94. The first-order valence-corrected chi connectivity index (χ1v) is 7.43. The first-order chi connectivity index (χ1) is 9.78. The summed E-state index contributed by atoms with van der Waals surface area (Å²) in [5, 5.41) is 3.11.